The van der Waals surface area contributed by atoms with Gasteiger partial charge in [-0.15, -0.1) is 0 Å². The van der Waals surface area contributed by atoms with Crippen LogP contribution in [0.4, 0.5) is 5.82 Å². The molecule has 5 nitrogen and oxygen atoms in total. The Balaban J connectivity index is 2.94. The second-order valence-electron chi connectivity index (χ2n) is 6.11. The highest BCUT2D eigenvalue weighted by Gasteiger charge is 2.18. The average Bonchev–Trinajstić information content (AvgIpc) is 2.35. The lowest BCUT2D eigenvalue weighted by Crippen LogP contribution is -2.37. The number of anilines is 1. The molecule has 0 bridgehead atoms. The van der Waals surface area contributed by atoms with Crippen LogP contribution in [0.1, 0.15) is 45.0 Å². The van der Waals surface area contributed by atoms with Crippen LogP contribution in [0.25, 0.3) is 0 Å². The van der Waals surface area contributed by atoms with Gasteiger partial charge in [-0.25, -0.2) is 4.98 Å². The highest BCUT2D eigenvalue weighted by Crippen LogP contribution is 2.13. The molecule has 1 heterocycles. The highest BCUT2D eigenvalue weighted by atomic mass is 16.2. The van der Waals surface area contributed by atoms with Crippen LogP contribution in [0, 0.1) is 11.8 Å². The maximum absolute atomic E-state index is 12.6. The van der Waals surface area contributed by atoms with Crippen molar-refractivity contribution in [1.29, 1.82) is 0 Å². The normalized spacial score (nSPS) is 10.8. The Hall–Kier alpha value is -1.91. The maximum Gasteiger partial charge on any atom is 0.254 e. The van der Waals surface area contributed by atoms with Gasteiger partial charge in [0, 0.05) is 31.8 Å². The molecule has 0 aliphatic rings. The summed E-state index contributed by atoms with van der Waals surface area (Å²) in [4.78, 5) is 29.6. The summed E-state index contributed by atoms with van der Waals surface area (Å²) in [6, 6.07) is 3.30. The van der Waals surface area contributed by atoms with Gasteiger partial charge < -0.3 is 10.2 Å². The number of pyridine rings is 1. The van der Waals surface area contributed by atoms with E-state index in [9.17, 15) is 9.59 Å². The van der Waals surface area contributed by atoms with Crippen molar-refractivity contribution < 1.29 is 9.59 Å². The Kier molecular flexibility index (Phi) is 6.34. The average molecular weight is 291 g/mol. The van der Waals surface area contributed by atoms with Gasteiger partial charge >= 0.3 is 0 Å². The summed E-state index contributed by atoms with van der Waals surface area (Å²) in [6.07, 6.45) is 1.54. The molecule has 0 saturated carbocycles. The summed E-state index contributed by atoms with van der Waals surface area (Å²) in [6.45, 7) is 11.2. The van der Waals surface area contributed by atoms with E-state index < -0.39 is 0 Å². The molecule has 2 amide bonds. The van der Waals surface area contributed by atoms with E-state index >= 15 is 0 Å². The first-order valence-electron chi connectivity index (χ1n) is 7.32. The van der Waals surface area contributed by atoms with Gasteiger partial charge in [-0.05, 0) is 24.0 Å². The lowest BCUT2D eigenvalue weighted by atomic mass is 10.1. The van der Waals surface area contributed by atoms with Gasteiger partial charge in [0.25, 0.3) is 5.91 Å². The number of carbonyl (C=O) groups excluding carboxylic acids is 2. The molecule has 1 aromatic heterocycles. The van der Waals surface area contributed by atoms with Crippen LogP contribution in [0.3, 0.4) is 0 Å². The van der Waals surface area contributed by atoms with Gasteiger partial charge in [0.05, 0.1) is 0 Å². The Labute approximate surface area is 126 Å². The summed E-state index contributed by atoms with van der Waals surface area (Å²) < 4.78 is 0. The van der Waals surface area contributed by atoms with Crippen molar-refractivity contribution in [1.82, 2.24) is 9.88 Å². The molecule has 21 heavy (non-hydrogen) atoms. The van der Waals surface area contributed by atoms with Gasteiger partial charge in [0.1, 0.15) is 5.82 Å². The summed E-state index contributed by atoms with van der Waals surface area (Å²) >= 11 is 0. The van der Waals surface area contributed by atoms with Crippen molar-refractivity contribution in [3.63, 3.8) is 0 Å². The van der Waals surface area contributed by atoms with Gasteiger partial charge in [-0.1, -0.05) is 27.7 Å². The molecule has 5 heteroatoms. The quantitative estimate of drug-likeness (QED) is 0.876. The molecular weight excluding hydrogens is 266 g/mol. The van der Waals surface area contributed by atoms with Gasteiger partial charge in [-0.2, -0.15) is 0 Å². The van der Waals surface area contributed by atoms with Crippen molar-refractivity contribution in [2.24, 2.45) is 11.8 Å². The third-order valence-corrected chi connectivity index (χ3v) is 2.77. The minimum Gasteiger partial charge on any atom is -0.338 e. The Morgan fingerprint density at radius 3 is 2.24 bits per heavy atom. The van der Waals surface area contributed by atoms with Gasteiger partial charge in [0.2, 0.25) is 5.91 Å². The first-order valence-corrected chi connectivity index (χ1v) is 7.32. The molecule has 0 atom stereocenters. The SMILES string of the molecule is CC(=O)Nc1cc(C(=O)N(CC(C)C)CC(C)C)ccn1. The van der Waals surface area contributed by atoms with E-state index in [1.165, 1.54) is 6.92 Å². The van der Waals surface area contributed by atoms with Crippen molar-refractivity contribution in [2.75, 3.05) is 18.4 Å². The van der Waals surface area contributed by atoms with Crippen molar-refractivity contribution in [3.8, 4) is 0 Å². The summed E-state index contributed by atoms with van der Waals surface area (Å²) in [5, 5.41) is 2.60. The zero-order valence-corrected chi connectivity index (χ0v) is 13.5. The molecular formula is C16H25N3O2. The molecule has 0 aliphatic carbocycles. The van der Waals surface area contributed by atoms with E-state index in [4.69, 9.17) is 0 Å². The second kappa shape index (κ2) is 7.76. The van der Waals surface area contributed by atoms with Crippen LogP contribution in [-0.2, 0) is 4.79 Å². The van der Waals surface area contributed by atoms with Crippen molar-refractivity contribution in [3.05, 3.63) is 23.9 Å². The highest BCUT2D eigenvalue weighted by molar-refractivity contribution is 5.96. The molecule has 0 aromatic carbocycles. The lowest BCUT2D eigenvalue weighted by Gasteiger charge is -2.26. The zero-order valence-electron chi connectivity index (χ0n) is 13.5. The zero-order chi connectivity index (χ0) is 16.0. The fraction of sp³-hybridized carbons (Fsp3) is 0.562. The molecule has 1 N–H and O–H groups in total. The fourth-order valence-electron chi connectivity index (χ4n) is 2.12. The smallest absolute Gasteiger partial charge is 0.254 e. The van der Waals surface area contributed by atoms with E-state index in [0.29, 0.717) is 23.2 Å². The number of aromatic nitrogens is 1. The number of hydrogen-bond donors (Lipinski definition) is 1. The fourth-order valence-corrected chi connectivity index (χ4v) is 2.12. The molecule has 116 valence electrons. The number of nitrogens with zero attached hydrogens (tertiary/aromatic N) is 2. The molecule has 0 aliphatic heterocycles. The third-order valence-electron chi connectivity index (χ3n) is 2.77. The van der Waals surface area contributed by atoms with Gasteiger partial charge in [0.15, 0.2) is 0 Å². The summed E-state index contributed by atoms with van der Waals surface area (Å²) in [5.41, 5.74) is 0.551. The Morgan fingerprint density at radius 2 is 1.76 bits per heavy atom. The van der Waals surface area contributed by atoms with Crippen molar-refractivity contribution >= 4 is 17.6 Å². The largest absolute Gasteiger partial charge is 0.338 e. The number of carbonyl (C=O) groups is 2. The third kappa shape index (κ3) is 5.94. The summed E-state index contributed by atoms with van der Waals surface area (Å²) in [7, 11) is 0. The summed E-state index contributed by atoms with van der Waals surface area (Å²) in [5.74, 6) is 0.996. The van der Waals surface area contributed by atoms with Crippen LogP contribution in [-0.4, -0.2) is 34.8 Å². The van der Waals surface area contributed by atoms with E-state index in [1.807, 2.05) is 4.90 Å². The Morgan fingerprint density at radius 1 is 1.19 bits per heavy atom. The molecule has 0 radical (unpaired) electrons. The van der Waals surface area contributed by atoms with Crippen LogP contribution in [0.2, 0.25) is 0 Å². The minimum absolute atomic E-state index is 0.0218. The van der Waals surface area contributed by atoms with Crippen LogP contribution in [0.5, 0.6) is 0 Å². The van der Waals surface area contributed by atoms with Gasteiger partial charge in [-0.3, -0.25) is 9.59 Å². The van der Waals surface area contributed by atoms with Crippen LogP contribution >= 0.6 is 0 Å². The molecule has 0 unspecified atom stereocenters. The van der Waals surface area contributed by atoms with E-state index in [-0.39, 0.29) is 11.8 Å². The molecule has 1 aromatic rings. The predicted molar refractivity (Wildman–Crippen MR) is 84.1 cm³/mol. The van der Waals surface area contributed by atoms with Crippen molar-refractivity contribution in [2.45, 2.75) is 34.6 Å². The Bertz CT molecular complexity index is 488. The monoisotopic (exact) mass is 291 g/mol. The van der Waals surface area contributed by atoms with E-state index in [1.54, 1.807) is 18.3 Å². The van der Waals surface area contributed by atoms with Crippen LogP contribution in [0.15, 0.2) is 18.3 Å². The van der Waals surface area contributed by atoms with E-state index in [2.05, 4.69) is 38.0 Å². The van der Waals surface area contributed by atoms with Crippen LogP contribution < -0.4 is 5.32 Å². The standard InChI is InChI=1S/C16H25N3O2/c1-11(2)9-19(10-12(3)4)16(21)14-6-7-17-15(8-14)18-13(5)20/h6-8,11-12H,9-10H2,1-5H3,(H,17,18,20). The number of amides is 2. The topological polar surface area (TPSA) is 62.3 Å². The molecule has 0 fully saturated rings. The number of nitrogens with one attached hydrogen (secondary N) is 1. The minimum atomic E-state index is -0.201. The molecule has 0 saturated heterocycles. The lowest BCUT2D eigenvalue weighted by molar-refractivity contribution is -0.114. The first kappa shape index (κ1) is 17.1. The molecule has 0 spiro atoms. The number of hydrogen-bond acceptors (Lipinski definition) is 3. The van der Waals surface area contributed by atoms with E-state index in [0.717, 1.165) is 13.1 Å². The number of rotatable bonds is 6. The first-order chi connectivity index (χ1) is 9.79. The second-order valence-corrected chi connectivity index (χ2v) is 6.11. The predicted octanol–water partition coefficient (Wildman–Crippen LogP) is 2.79. The molecule has 1 rings (SSSR count). The maximum atomic E-state index is 12.6.